The van der Waals surface area contributed by atoms with Crippen molar-refractivity contribution in [3.05, 3.63) is 16.0 Å². The fourth-order valence-corrected chi connectivity index (χ4v) is 5.11. The number of anilines is 1. The van der Waals surface area contributed by atoms with E-state index in [2.05, 4.69) is 24.5 Å². The van der Waals surface area contributed by atoms with E-state index in [1.165, 1.54) is 4.88 Å². The summed E-state index contributed by atoms with van der Waals surface area (Å²) in [4.78, 5) is 28.8. The highest BCUT2D eigenvalue weighted by Gasteiger charge is 2.34. The maximum Gasteiger partial charge on any atom is 0.320 e. The van der Waals surface area contributed by atoms with Crippen molar-refractivity contribution in [2.75, 3.05) is 31.6 Å². The normalized spacial score (nSPS) is 19.4. The van der Waals surface area contributed by atoms with Crippen LogP contribution >= 0.6 is 11.3 Å². The van der Waals surface area contributed by atoms with Crippen LogP contribution in [0.25, 0.3) is 0 Å². The number of hydrogen-bond donors (Lipinski definition) is 2. The molecule has 2 heterocycles. The quantitative estimate of drug-likeness (QED) is 0.806. The topological polar surface area (TPSA) is 70.7 Å². The molecule has 3 amide bonds. The van der Waals surface area contributed by atoms with Crippen LogP contribution < -0.4 is 10.6 Å². The molecule has 1 aliphatic heterocycles. The second-order valence-corrected chi connectivity index (χ2v) is 10.4. The lowest BCUT2D eigenvalue weighted by atomic mass is 9.77. The predicted octanol–water partition coefficient (Wildman–Crippen LogP) is 3.66. The van der Waals surface area contributed by atoms with Gasteiger partial charge in [-0.05, 0) is 51.0 Å². The molecule has 3 rings (SSSR count). The van der Waals surface area contributed by atoms with Gasteiger partial charge in [0.15, 0.2) is 0 Å². The summed E-state index contributed by atoms with van der Waals surface area (Å²) in [5.74, 6) is 0.0153. The monoisotopic (exact) mass is 393 g/mol. The van der Waals surface area contributed by atoms with Gasteiger partial charge in [-0.1, -0.05) is 13.8 Å². The molecule has 0 aromatic carbocycles. The number of amides is 3. The third-order valence-electron chi connectivity index (χ3n) is 5.01. The summed E-state index contributed by atoms with van der Waals surface area (Å²) in [6, 6.07) is -0.267. The summed E-state index contributed by atoms with van der Waals surface area (Å²) < 4.78 is 5.39. The summed E-state index contributed by atoms with van der Waals surface area (Å²) >= 11 is 1.56. The number of fused-ring (bicyclic) bond motifs is 1. The molecular formula is C20H31N3O3S. The summed E-state index contributed by atoms with van der Waals surface area (Å²) in [7, 11) is 0. The fourth-order valence-electron chi connectivity index (χ4n) is 3.62. The SMILES string of the molecule is CC1(C)CCc2c(sc(NC(=O)NC(C)(C)C)c2C(=O)N2CCOCC2)C1. The van der Waals surface area contributed by atoms with Gasteiger partial charge in [-0.2, -0.15) is 0 Å². The first-order valence-corrected chi connectivity index (χ1v) is 10.5. The first kappa shape index (κ1) is 20.1. The van der Waals surface area contributed by atoms with E-state index in [0.29, 0.717) is 36.9 Å². The Labute approximate surface area is 165 Å². The second kappa shape index (κ2) is 7.43. The van der Waals surface area contributed by atoms with E-state index >= 15 is 0 Å². The Kier molecular flexibility index (Phi) is 5.54. The molecule has 0 atom stereocenters. The summed E-state index contributed by atoms with van der Waals surface area (Å²) in [5, 5.41) is 6.56. The number of nitrogens with zero attached hydrogens (tertiary/aromatic N) is 1. The van der Waals surface area contributed by atoms with E-state index in [0.717, 1.165) is 24.8 Å². The van der Waals surface area contributed by atoms with E-state index in [1.807, 2.05) is 25.7 Å². The van der Waals surface area contributed by atoms with E-state index < -0.39 is 0 Å². The van der Waals surface area contributed by atoms with Crippen LogP contribution in [0.5, 0.6) is 0 Å². The molecule has 0 unspecified atom stereocenters. The lowest BCUT2D eigenvalue weighted by Gasteiger charge is -2.31. The largest absolute Gasteiger partial charge is 0.378 e. The number of morpholine rings is 1. The van der Waals surface area contributed by atoms with E-state index in [-0.39, 0.29) is 22.9 Å². The zero-order chi connectivity index (χ0) is 19.8. The number of carbonyl (C=O) groups excluding carboxylic acids is 2. The Bertz CT molecular complexity index is 728. The molecule has 150 valence electrons. The van der Waals surface area contributed by atoms with Gasteiger partial charge in [0.05, 0.1) is 18.8 Å². The molecule has 2 aliphatic rings. The molecule has 0 saturated carbocycles. The molecule has 2 N–H and O–H groups in total. The van der Waals surface area contributed by atoms with Gasteiger partial charge in [0.2, 0.25) is 0 Å². The number of hydrogen-bond acceptors (Lipinski definition) is 4. The molecule has 0 radical (unpaired) electrons. The average Bonchev–Trinajstić information content (AvgIpc) is 2.88. The highest BCUT2D eigenvalue weighted by atomic mass is 32.1. The molecule has 1 saturated heterocycles. The lowest BCUT2D eigenvalue weighted by Crippen LogP contribution is -2.44. The van der Waals surface area contributed by atoms with Crippen LogP contribution in [0.15, 0.2) is 0 Å². The standard InChI is InChI=1S/C20H31N3O3S/c1-19(2,3)22-18(25)21-16-15(17(24)23-8-10-26-11-9-23)13-6-7-20(4,5)12-14(13)27-16/h6-12H2,1-5H3,(H2,21,22,25). The van der Waals surface area contributed by atoms with Gasteiger partial charge < -0.3 is 15.0 Å². The molecule has 7 heteroatoms. The molecule has 27 heavy (non-hydrogen) atoms. The van der Waals surface area contributed by atoms with Crippen molar-refractivity contribution >= 4 is 28.3 Å². The number of urea groups is 1. The van der Waals surface area contributed by atoms with Gasteiger partial charge >= 0.3 is 6.03 Å². The van der Waals surface area contributed by atoms with Gasteiger partial charge in [-0.15, -0.1) is 11.3 Å². The Morgan fingerprint density at radius 3 is 2.48 bits per heavy atom. The van der Waals surface area contributed by atoms with Crippen molar-refractivity contribution in [1.82, 2.24) is 10.2 Å². The fraction of sp³-hybridized carbons (Fsp3) is 0.700. The Balaban J connectivity index is 1.92. The van der Waals surface area contributed by atoms with Crippen LogP contribution in [0.4, 0.5) is 9.80 Å². The van der Waals surface area contributed by atoms with Crippen molar-refractivity contribution in [3.8, 4) is 0 Å². The van der Waals surface area contributed by atoms with Gasteiger partial charge in [-0.25, -0.2) is 4.79 Å². The molecule has 0 spiro atoms. The third kappa shape index (κ3) is 4.82. The molecule has 1 aromatic rings. The number of carbonyl (C=O) groups is 2. The van der Waals surface area contributed by atoms with Gasteiger partial charge in [-0.3, -0.25) is 10.1 Å². The van der Waals surface area contributed by atoms with E-state index in [4.69, 9.17) is 4.74 Å². The van der Waals surface area contributed by atoms with Gasteiger partial charge in [0, 0.05) is 23.5 Å². The van der Waals surface area contributed by atoms with E-state index in [1.54, 1.807) is 11.3 Å². The van der Waals surface area contributed by atoms with Crippen LogP contribution in [0.1, 0.15) is 61.8 Å². The summed E-state index contributed by atoms with van der Waals surface area (Å²) in [6.07, 6.45) is 2.87. The molecule has 1 aromatic heterocycles. The molecular weight excluding hydrogens is 362 g/mol. The van der Waals surface area contributed by atoms with Crippen molar-refractivity contribution in [2.45, 2.75) is 59.4 Å². The molecule has 1 aliphatic carbocycles. The van der Waals surface area contributed by atoms with Crippen LogP contribution in [-0.4, -0.2) is 48.7 Å². The van der Waals surface area contributed by atoms with Crippen LogP contribution in [0.2, 0.25) is 0 Å². The van der Waals surface area contributed by atoms with Crippen molar-refractivity contribution < 1.29 is 14.3 Å². The molecule has 0 bridgehead atoms. The number of nitrogens with one attached hydrogen (secondary N) is 2. The second-order valence-electron chi connectivity index (χ2n) is 9.28. The Morgan fingerprint density at radius 2 is 1.85 bits per heavy atom. The van der Waals surface area contributed by atoms with Crippen LogP contribution in [-0.2, 0) is 17.6 Å². The minimum absolute atomic E-state index is 0.0153. The number of ether oxygens (including phenoxy) is 1. The zero-order valence-electron chi connectivity index (χ0n) is 17.0. The lowest BCUT2D eigenvalue weighted by molar-refractivity contribution is 0.0303. The average molecular weight is 394 g/mol. The first-order chi connectivity index (χ1) is 12.6. The van der Waals surface area contributed by atoms with Crippen LogP contribution in [0.3, 0.4) is 0 Å². The smallest absolute Gasteiger partial charge is 0.320 e. The zero-order valence-corrected chi connectivity index (χ0v) is 17.8. The Morgan fingerprint density at radius 1 is 1.19 bits per heavy atom. The minimum atomic E-state index is -0.336. The number of rotatable bonds is 2. The Hall–Kier alpha value is -1.60. The van der Waals surface area contributed by atoms with Crippen molar-refractivity contribution in [2.24, 2.45) is 5.41 Å². The number of thiophene rings is 1. The third-order valence-corrected chi connectivity index (χ3v) is 6.16. The first-order valence-electron chi connectivity index (χ1n) is 9.66. The van der Waals surface area contributed by atoms with Gasteiger partial charge in [0.1, 0.15) is 5.00 Å². The van der Waals surface area contributed by atoms with Crippen molar-refractivity contribution in [3.63, 3.8) is 0 Å². The predicted molar refractivity (Wildman–Crippen MR) is 109 cm³/mol. The summed E-state index contributed by atoms with van der Waals surface area (Å²) in [5.41, 5.74) is 1.71. The maximum atomic E-state index is 13.3. The van der Waals surface area contributed by atoms with E-state index in [9.17, 15) is 9.59 Å². The molecule has 6 nitrogen and oxygen atoms in total. The van der Waals surface area contributed by atoms with Gasteiger partial charge in [0.25, 0.3) is 5.91 Å². The van der Waals surface area contributed by atoms with Crippen LogP contribution in [0, 0.1) is 5.41 Å². The highest BCUT2D eigenvalue weighted by Crippen LogP contribution is 2.44. The van der Waals surface area contributed by atoms with Crippen molar-refractivity contribution in [1.29, 1.82) is 0 Å². The maximum absolute atomic E-state index is 13.3. The highest BCUT2D eigenvalue weighted by molar-refractivity contribution is 7.17. The molecule has 1 fully saturated rings. The summed E-state index contributed by atoms with van der Waals surface area (Å²) in [6.45, 7) is 12.7. The minimum Gasteiger partial charge on any atom is -0.378 e.